The van der Waals surface area contributed by atoms with Crippen LogP contribution in [0.25, 0.3) is 0 Å². The molecule has 1 aromatic heterocycles. The van der Waals surface area contributed by atoms with Gasteiger partial charge in [-0.25, -0.2) is 4.98 Å². The highest BCUT2D eigenvalue weighted by atomic mass is 32.2. The summed E-state index contributed by atoms with van der Waals surface area (Å²) in [5, 5.41) is 6.19. The first kappa shape index (κ1) is 21.6. The van der Waals surface area contributed by atoms with Crippen molar-refractivity contribution in [2.24, 2.45) is 0 Å². The molecule has 0 aliphatic carbocycles. The van der Waals surface area contributed by atoms with E-state index in [-0.39, 0.29) is 12.0 Å². The predicted octanol–water partition coefficient (Wildman–Crippen LogP) is 5.60. The van der Waals surface area contributed by atoms with Crippen molar-refractivity contribution in [2.45, 2.75) is 50.7 Å². The summed E-state index contributed by atoms with van der Waals surface area (Å²) in [5.41, 5.74) is 3.94. The molecule has 3 aromatic rings. The zero-order valence-corrected chi connectivity index (χ0v) is 18.6. The van der Waals surface area contributed by atoms with Gasteiger partial charge < -0.3 is 10.1 Å². The van der Waals surface area contributed by atoms with Crippen molar-refractivity contribution < 1.29 is 9.53 Å². The van der Waals surface area contributed by atoms with E-state index >= 15 is 0 Å². The second kappa shape index (κ2) is 10.6. The molecule has 152 valence electrons. The molecule has 1 N–H and O–H groups in total. The Morgan fingerprint density at radius 3 is 2.52 bits per heavy atom. The number of rotatable bonds is 9. The number of carbonyl (C=O) groups excluding carboxylic acids is 1. The van der Waals surface area contributed by atoms with Crippen LogP contribution in [0.3, 0.4) is 0 Å². The Morgan fingerprint density at radius 1 is 1.14 bits per heavy atom. The van der Waals surface area contributed by atoms with E-state index in [1.807, 2.05) is 69.3 Å². The Bertz CT molecular complexity index is 936. The topological polar surface area (TPSA) is 51.2 Å². The van der Waals surface area contributed by atoms with Crippen molar-refractivity contribution in [3.8, 4) is 0 Å². The van der Waals surface area contributed by atoms with Crippen LogP contribution in [0.5, 0.6) is 0 Å². The Hall–Kier alpha value is -2.15. The zero-order valence-electron chi connectivity index (χ0n) is 17.0. The van der Waals surface area contributed by atoms with Crippen LogP contribution in [0, 0.1) is 6.92 Å². The van der Waals surface area contributed by atoms with Crippen LogP contribution in [0.15, 0.2) is 58.8 Å². The number of aromatic nitrogens is 1. The quantitative estimate of drug-likeness (QED) is 0.453. The lowest BCUT2D eigenvalue weighted by molar-refractivity contribution is 0.0651. The van der Waals surface area contributed by atoms with Gasteiger partial charge in [-0.3, -0.25) is 4.79 Å². The number of aryl methyl sites for hydroxylation is 1. The normalized spacial score (nSPS) is 11.0. The molecule has 1 amide bonds. The SMILES string of the molecule is Cc1nc(CSc2ccc(C(=O)NCc3ccccc3COC(C)C)cc2)cs1. The number of nitrogens with zero attached hydrogens (tertiary/aromatic N) is 1. The van der Waals surface area contributed by atoms with Crippen LogP contribution in [-0.2, 0) is 23.6 Å². The average Bonchev–Trinajstić information content (AvgIpc) is 3.15. The summed E-state index contributed by atoms with van der Waals surface area (Å²) in [7, 11) is 0. The van der Waals surface area contributed by atoms with Gasteiger partial charge in [-0.15, -0.1) is 23.1 Å². The molecule has 0 unspecified atom stereocenters. The maximum Gasteiger partial charge on any atom is 0.251 e. The minimum atomic E-state index is -0.0729. The predicted molar refractivity (Wildman–Crippen MR) is 120 cm³/mol. The van der Waals surface area contributed by atoms with Crippen LogP contribution in [0.4, 0.5) is 0 Å². The molecule has 0 bridgehead atoms. The minimum Gasteiger partial charge on any atom is -0.374 e. The number of ether oxygens (including phenoxy) is 1. The first-order chi connectivity index (χ1) is 14.0. The van der Waals surface area contributed by atoms with Gasteiger partial charge in [0.25, 0.3) is 5.91 Å². The lowest BCUT2D eigenvalue weighted by atomic mass is 10.1. The van der Waals surface area contributed by atoms with E-state index in [4.69, 9.17) is 4.74 Å². The highest BCUT2D eigenvalue weighted by Crippen LogP contribution is 2.24. The number of thioether (sulfide) groups is 1. The molecule has 3 rings (SSSR count). The van der Waals surface area contributed by atoms with Gasteiger partial charge in [0.2, 0.25) is 0 Å². The van der Waals surface area contributed by atoms with Crippen LogP contribution >= 0.6 is 23.1 Å². The van der Waals surface area contributed by atoms with E-state index in [0.717, 1.165) is 32.5 Å². The first-order valence-electron chi connectivity index (χ1n) is 9.61. The van der Waals surface area contributed by atoms with Crippen molar-refractivity contribution in [2.75, 3.05) is 0 Å². The molecular weight excluding hydrogens is 400 g/mol. The molecule has 0 fully saturated rings. The highest BCUT2D eigenvalue weighted by Gasteiger charge is 2.09. The number of hydrogen-bond acceptors (Lipinski definition) is 5. The van der Waals surface area contributed by atoms with E-state index in [1.165, 1.54) is 0 Å². The number of amides is 1. The molecule has 0 radical (unpaired) electrons. The molecule has 0 saturated carbocycles. The van der Waals surface area contributed by atoms with Crippen molar-refractivity contribution in [3.05, 3.63) is 81.3 Å². The molecule has 0 aliphatic heterocycles. The zero-order chi connectivity index (χ0) is 20.6. The first-order valence-corrected chi connectivity index (χ1v) is 11.5. The second-order valence-corrected chi connectivity index (χ2v) is 9.09. The van der Waals surface area contributed by atoms with Crippen LogP contribution in [-0.4, -0.2) is 17.0 Å². The average molecular weight is 427 g/mol. The van der Waals surface area contributed by atoms with Crippen molar-refractivity contribution >= 4 is 29.0 Å². The van der Waals surface area contributed by atoms with Gasteiger partial charge in [0.05, 0.1) is 23.4 Å². The molecule has 2 aromatic carbocycles. The summed E-state index contributed by atoms with van der Waals surface area (Å²) in [6.07, 6.45) is 0.175. The molecule has 1 heterocycles. The standard InChI is InChI=1S/C23H26N2O2S2/c1-16(2)27-13-20-7-5-4-6-19(20)12-24-23(26)18-8-10-22(11-9-18)29-15-21-14-28-17(3)25-21/h4-11,14,16H,12-13,15H2,1-3H3,(H,24,26). The summed E-state index contributed by atoms with van der Waals surface area (Å²) >= 11 is 3.40. The number of hydrogen-bond donors (Lipinski definition) is 1. The van der Waals surface area contributed by atoms with Gasteiger partial charge in [0, 0.05) is 28.1 Å². The van der Waals surface area contributed by atoms with Gasteiger partial charge >= 0.3 is 0 Å². The number of benzene rings is 2. The largest absolute Gasteiger partial charge is 0.374 e. The van der Waals surface area contributed by atoms with Gasteiger partial charge in [0.1, 0.15) is 0 Å². The number of thiazole rings is 1. The van der Waals surface area contributed by atoms with Crippen LogP contribution in [0.2, 0.25) is 0 Å². The molecule has 29 heavy (non-hydrogen) atoms. The molecule has 0 aliphatic rings. The Morgan fingerprint density at radius 2 is 1.86 bits per heavy atom. The monoisotopic (exact) mass is 426 g/mol. The maximum atomic E-state index is 12.5. The molecule has 0 atom stereocenters. The fourth-order valence-corrected chi connectivity index (χ4v) is 4.25. The van der Waals surface area contributed by atoms with E-state index in [9.17, 15) is 4.79 Å². The fraction of sp³-hybridized carbons (Fsp3) is 0.304. The highest BCUT2D eigenvalue weighted by molar-refractivity contribution is 7.98. The molecule has 4 nitrogen and oxygen atoms in total. The second-order valence-electron chi connectivity index (χ2n) is 6.98. The summed E-state index contributed by atoms with van der Waals surface area (Å²) in [4.78, 5) is 18.1. The van der Waals surface area contributed by atoms with Crippen molar-refractivity contribution in [1.82, 2.24) is 10.3 Å². The molecule has 6 heteroatoms. The van der Waals surface area contributed by atoms with Gasteiger partial charge in [-0.2, -0.15) is 0 Å². The number of nitrogens with one attached hydrogen (secondary N) is 1. The summed E-state index contributed by atoms with van der Waals surface area (Å²) in [6.45, 7) is 7.08. The third kappa shape index (κ3) is 6.70. The van der Waals surface area contributed by atoms with E-state index in [2.05, 4.69) is 15.7 Å². The van der Waals surface area contributed by atoms with E-state index in [0.29, 0.717) is 18.7 Å². The smallest absolute Gasteiger partial charge is 0.251 e. The van der Waals surface area contributed by atoms with Gasteiger partial charge in [-0.05, 0) is 56.2 Å². The summed E-state index contributed by atoms with van der Waals surface area (Å²) in [5.74, 6) is 0.765. The van der Waals surface area contributed by atoms with E-state index in [1.54, 1.807) is 23.1 Å². The van der Waals surface area contributed by atoms with Crippen LogP contribution < -0.4 is 5.32 Å². The maximum absolute atomic E-state index is 12.5. The Labute approximate surface area is 180 Å². The minimum absolute atomic E-state index is 0.0729. The number of carbonyl (C=O) groups is 1. The van der Waals surface area contributed by atoms with Gasteiger partial charge in [-0.1, -0.05) is 24.3 Å². The lowest BCUT2D eigenvalue weighted by Gasteiger charge is -2.13. The van der Waals surface area contributed by atoms with Crippen molar-refractivity contribution in [1.29, 1.82) is 0 Å². The molecule has 0 spiro atoms. The lowest BCUT2D eigenvalue weighted by Crippen LogP contribution is -2.23. The van der Waals surface area contributed by atoms with Crippen LogP contribution in [0.1, 0.15) is 46.0 Å². The van der Waals surface area contributed by atoms with E-state index < -0.39 is 0 Å². The summed E-state index contributed by atoms with van der Waals surface area (Å²) < 4.78 is 5.71. The third-order valence-corrected chi connectivity index (χ3v) is 6.17. The fourth-order valence-electron chi connectivity index (χ4n) is 2.74. The Kier molecular flexibility index (Phi) is 7.86. The third-order valence-electron chi connectivity index (χ3n) is 4.30. The molecule has 0 saturated heterocycles. The summed E-state index contributed by atoms with van der Waals surface area (Å²) in [6, 6.07) is 15.8. The van der Waals surface area contributed by atoms with Gasteiger partial charge in [0.15, 0.2) is 0 Å². The Balaban J connectivity index is 1.53. The molecular formula is C23H26N2O2S2. The van der Waals surface area contributed by atoms with Crippen molar-refractivity contribution in [3.63, 3.8) is 0 Å².